The zero-order chi connectivity index (χ0) is 14.9. The highest BCUT2D eigenvalue weighted by Gasteiger charge is 2.42. The molecule has 2 aliphatic rings. The number of piperidine rings is 1. The van der Waals surface area contributed by atoms with Crippen LogP contribution in [0.25, 0.3) is 0 Å². The largest absolute Gasteiger partial charge is 0.481 e. The zero-order valence-electron chi connectivity index (χ0n) is 11.9. The van der Waals surface area contributed by atoms with E-state index in [0.29, 0.717) is 38.8 Å². The summed E-state index contributed by atoms with van der Waals surface area (Å²) in [7, 11) is -0.302. The Bertz CT molecular complexity index is 452. The van der Waals surface area contributed by atoms with Crippen LogP contribution in [0.15, 0.2) is 0 Å². The lowest BCUT2D eigenvalue weighted by Gasteiger charge is -2.41. The molecule has 8 heteroatoms. The van der Waals surface area contributed by atoms with Crippen molar-refractivity contribution in [1.29, 1.82) is 0 Å². The van der Waals surface area contributed by atoms with E-state index in [-0.39, 0.29) is 12.1 Å². The topological polar surface area (TPSA) is 87.2 Å². The predicted octanol–water partition coefficient (Wildman–Crippen LogP) is 0.137. The number of carboxylic acid groups (broad SMARTS) is 1. The molecule has 1 saturated carbocycles. The fourth-order valence-corrected chi connectivity index (χ4v) is 4.34. The van der Waals surface area contributed by atoms with Crippen molar-refractivity contribution >= 4 is 16.2 Å². The fraction of sp³-hybridized carbons (Fsp3) is 0.917. The third-order valence-electron chi connectivity index (χ3n) is 4.40. The number of carbonyl (C=O) groups is 1. The number of nitrogens with zero attached hydrogens (tertiary/aromatic N) is 2. The van der Waals surface area contributed by atoms with Gasteiger partial charge in [-0.3, -0.25) is 4.79 Å². The second-order valence-corrected chi connectivity index (χ2v) is 7.51. The Hall–Kier alpha value is -0.700. The average Bonchev–Trinajstić information content (AvgIpc) is 2.36. The van der Waals surface area contributed by atoms with Gasteiger partial charge in [0.2, 0.25) is 0 Å². The summed E-state index contributed by atoms with van der Waals surface area (Å²) in [6.07, 6.45) is 2.34. The minimum Gasteiger partial charge on any atom is -0.481 e. The summed E-state index contributed by atoms with van der Waals surface area (Å²) in [6.45, 7) is 0.917. The van der Waals surface area contributed by atoms with E-state index in [9.17, 15) is 13.2 Å². The normalized spacial score (nSPS) is 29.4. The van der Waals surface area contributed by atoms with Gasteiger partial charge >= 0.3 is 5.97 Å². The fourth-order valence-electron chi connectivity index (χ4n) is 2.76. The van der Waals surface area contributed by atoms with Gasteiger partial charge in [0.05, 0.1) is 12.0 Å². The van der Waals surface area contributed by atoms with Crippen molar-refractivity contribution in [3.63, 3.8) is 0 Å². The average molecular weight is 306 g/mol. The number of carboxylic acids is 1. The highest BCUT2D eigenvalue weighted by atomic mass is 32.2. The first-order valence-corrected chi connectivity index (χ1v) is 8.24. The van der Waals surface area contributed by atoms with Gasteiger partial charge in [-0.25, -0.2) is 0 Å². The summed E-state index contributed by atoms with van der Waals surface area (Å²) in [6, 6.07) is -0.193. The van der Waals surface area contributed by atoms with Crippen LogP contribution in [0.1, 0.15) is 25.7 Å². The van der Waals surface area contributed by atoms with Crippen molar-refractivity contribution in [2.75, 3.05) is 27.2 Å². The molecule has 1 heterocycles. The Kier molecular flexibility index (Phi) is 4.68. The molecule has 20 heavy (non-hydrogen) atoms. The van der Waals surface area contributed by atoms with E-state index in [1.54, 1.807) is 14.2 Å². The first kappa shape index (κ1) is 15.7. The van der Waals surface area contributed by atoms with Crippen LogP contribution < -0.4 is 0 Å². The quantitative estimate of drug-likeness (QED) is 0.780. The maximum absolute atomic E-state index is 12.5. The Morgan fingerprint density at radius 1 is 1.30 bits per heavy atom. The second-order valence-electron chi connectivity index (χ2n) is 5.52. The number of ether oxygens (including phenoxy) is 1. The maximum atomic E-state index is 12.5. The number of hydrogen-bond acceptors (Lipinski definition) is 4. The van der Waals surface area contributed by atoms with Gasteiger partial charge in [0.25, 0.3) is 10.2 Å². The van der Waals surface area contributed by atoms with Gasteiger partial charge < -0.3 is 9.84 Å². The van der Waals surface area contributed by atoms with Crippen molar-refractivity contribution in [1.82, 2.24) is 8.61 Å². The molecule has 0 aromatic carbocycles. The smallest absolute Gasteiger partial charge is 0.306 e. The molecule has 1 aliphatic heterocycles. The standard InChI is InChI=1S/C12H22N2O5S/c1-13(10-7-9(8-10)12(15)16)20(17,18)14-5-3-11(19-2)4-6-14/h9-11H,3-8H2,1-2H3,(H,15,16). The molecule has 7 nitrogen and oxygen atoms in total. The van der Waals surface area contributed by atoms with E-state index in [4.69, 9.17) is 9.84 Å². The Morgan fingerprint density at radius 2 is 1.85 bits per heavy atom. The molecule has 0 atom stereocenters. The van der Waals surface area contributed by atoms with Gasteiger partial charge in [-0.15, -0.1) is 0 Å². The summed E-state index contributed by atoms with van der Waals surface area (Å²) < 4.78 is 32.9. The first-order chi connectivity index (χ1) is 9.36. The lowest BCUT2D eigenvalue weighted by Crippen LogP contribution is -2.54. The van der Waals surface area contributed by atoms with E-state index in [1.807, 2.05) is 0 Å². The van der Waals surface area contributed by atoms with Crippen LogP contribution in [0.5, 0.6) is 0 Å². The van der Waals surface area contributed by atoms with Gasteiger partial charge in [0, 0.05) is 33.3 Å². The lowest BCUT2D eigenvalue weighted by atomic mass is 9.80. The molecule has 0 aromatic rings. The van der Waals surface area contributed by atoms with Crippen molar-refractivity contribution in [2.45, 2.75) is 37.8 Å². The molecule has 116 valence electrons. The molecule has 0 radical (unpaired) electrons. The summed E-state index contributed by atoms with van der Waals surface area (Å²) in [5.41, 5.74) is 0. The zero-order valence-corrected chi connectivity index (χ0v) is 12.7. The van der Waals surface area contributed by atoms with E-state index in [0.717, 1.165) is 0 Å². The molecule has 0 spiro atoms. The van der Waals surface area contributed by atoms with E-state index < -0.39 is 22.1 Å². The van der Waals surface area contributed by atoms with Crippen molar-refractivity contribution in [3.05, 3.63) is 0 Å². The van der Waals surface area contributed by atoms with E-state index in [1.165, 1.54) is 8.61 Å². The SMILES string of the molecule is COC1CCN(S(=O)(=O)N(C)C2CC(C(=O)O)C2)CC1. The number of rotatable bonds is 5. The molecule has 0 amide bonds. The Morgan fingerprint density at radius 3 is 2.30 bits per heavy atom. The first-order valence-electron chi connectivity index (χ1n) is 6.85. The van der Waals surface area contributed by atoms with Crippen LogP contribution >= 0.6 is 0 Å². The molecular formula is C12H22N2O5S. The summed E-state index contributed by atoms with van der Waals surface area (Å²) in [4.78, 5) is 10.8. The van der Waals surface area contributed by atoms with Crippen LogP contribution in [0.3, 0.4) is 0 Å². The summed E-state index contributed by atoms with van der Waals surface area (Å²) >= 11 is 0. The molecule has 1 aliphatic carbocycles. The third-order valence-corrected chi connectivity index (χ3v) is 6.44. The number of hydrogen-bond donors (Lipinski definition) is 1. The summed E-state index contributed by atoms with van der Waals surface area (Å²) in [5.74, 6) is -1.25. The molecule has 0 aromatic heterocycles. The second kappa shape index (κ2) is 5.97. The summed E-state index contributed by atoms with van der Waals surface area (Å²) in [5, 5.41) is 8.85. The molecular weight excluding hydrogens is 284 g/mol. The van der Waals surface area contributed by atoms with Crippen LogP contribution in [0.2, 0.25) is 0 Å². The van der Waals surface area contributed by atoms with Gasteiger partial charge in [0.15, 0.2) is 0 Å². The Balaban J connectivity index is 1.92. The molecule has 2 rings (SSSR count). The third kappa shape index (κ3) is 2.98. The lowest BCUT2D eigenvalue weighted by molar-refractivity contribution is -0.146. The van der Waals surface area contributed by atoms with Crippen molar-refractivity contribution in [3.8, 4) is 0 Å². The van der Waals surface area contributed by atoms with Crippen LogP contribution in [-0.4, -0.2) is 67.5 Å². The number of aliphatic carboxylic acids is 1. The molecule has 0 bridgehead atoms. The number of methoxy groups -OCH3 is 1. The highest BCUT2D eigenvalue weighted by Crippen LogP contribution is 2.33. The minimum absolute atomic E-state index is 0.131. The van der Waals surface area contributed by atoms with Crippen molar-refractivity contribution in [2.24, 2.45) is 5.92 Å². The van der Waals surface area contributed by atoms with Gasteiger partial charge in [-0.2, -0.15) is 17.0 Å². The van der Waals surface area contributed by atoms with Crippen molar-refractivity contribution < 1.29 is 23.1 Å². The molecule has 1 saturated heterocycles. The van der Waals surface area contributed by atoms with E-state index >= 15 is 0 Å². The highest BCUT2D eigenvalue weighted by molar-refractivity contribution is 7.86. The predicted molar refractivity (Wildman–Crippen MR) is 72.4 cm³/mol. The van der Waals surface area contributed by atoms with Gasteiger partial charge in [0.1, 0.15) is 0 Å². The molecule has 1 N–H and O–H groups in total. The van der Waals surface area contributed by atoms with Crippen LogP contribution in [-0.2, 0) is 19.7 Å². The Labute approximate surface area is 119 Å². The van der Waals surface area contributed by atoms with Gasteiger partial charge in [-0.1, -0.05) is 0 Å². The van der Waals surface area contributed by atoms with Crippen LogP contribution in [0.4, 0.5) is 0 Å². The maximum Gasteiger partial charge on any atom is 0.306 e. The minimum atomic E-state index is -3.48. The van der Waals surface area contributed by atoms with Crippen LogP contribution in [0, 0.1) is 5.92 Å². The van der Waals surface area contributed by atoms with E-state index in [2.05, 4.69) is 0 Å². The van der Waals surface area contributed by atoms with Gasteiger partial charge in [-0.05, 0) is 25.7 Å². The molecule has 0 unspecified atom stereocenters. The monoisotopic (exact) mass is 306 g/mol. The molecule has 2 fully saturated rings.